The van der Waals surface area contributed by atoms with Crippen LogP contribution in [0.25, 0.3) is 11.3 Å². The first kappa shape index (κ1) is 11.9. The van der Waals surface area contributed by atoms with Crippen molar-refractivity contribution in [3.63, 3.8) is 0 Å². The first-order valence-electron chi connectivity index (χ1n) is 6.62. The van der Waals surface area contributed by atoms with Crippen molar-refractivity contribution < 1.29 is 0 Å². The molecule has 0 radical (unpaired) electrons. The summed E-state index contributed by atoms with van der Waals surface area (Å²) in [6.45, 7) is 6.23. The molecule has 19 heavy (non-hydrogen) atoms. The number of hydrogen-bond donors (Lipinski definition) is 0. The van der Waals surface area contributed by atoms with Gasteiger partial charge in [0.25, 0.3) is 0 Å². The van der Waals surface area contributed by atoms with E-state index in [4.69, 9.17) is 0 Å². The minimum absolute atomic E-state index is 0.847. The Morgan fingerprint density at radius 1 is 1.11 bits per heavy atom. The zero-order valence-corrected chi connectivity index (χ0v) is 11.5. The van der Waals surface area contributed by atoms with Crippen molar-refractivity contribution in [3.8, 4) is 5.82 Å². The zero-order chi connectivity index (χ0) is 13.4. The van der Waals surface area contributed by atoms with Gasteiger partial charge in [0.2, 0.25) is 0 Å². The minimum atomic E-state index is 0.847. The Morgan fingerprint density at radius 2 is 1.95 bits per heavy atom. The lowest BCUT2D eigenvalue weighted by Crippen LogP contribution is -2.06. The Hall–Kier alpha value is -2.17. The number of rotatable bonds is 3. The summed E-state index contributed by atoms with van der Waals surface area (Å²) in [5.41, 5.74) is 4.24. The van der Waals surface area contributed by atoms with Crippen molar-refractivity contribution in [2.24, 2.45) is 0 Å². The summed E-state index contributed by atoms with van der Waals surface area (Å²) in [6, 6.07) is 4.18. The maximum atomic E-state index is 4.64. The van der Waals surface area contributed by atoms with Gasteiger partial charge < -0.3 is 0 Å². The molecular formula is C14H17N5. The molecule has 5 heteroatoms. The van der Waals surface area contributed by atoms with Gasteiger partial charge in [-0.15, -0.1) is 0 Å². The van der Waals surface area contributed by atoms with Crippen LogP contribution in [0.1, 0.15) is 30.9 Å². The lowest BCUT2D eigenvalue weighted by atomic mass is 10.2. The van der Waals surface area contributed by atoms with Crippen LogP contribution < -0.4 is 0 Å². The summed E-state index contributed by atoms with van der Waals surface area (Å²) in [6.07, 6.45) is 5.49. The molecule has 3 rings (SSSR count). The van der Waals surface area contributed by atoms with Crippen molar-refractivity contribution in [1.29, 1.82) is 0 Å². The number of aryl methyl sites for hydroxylation is 3. The smallest absolute Gasteiger partial charge is 0.179 e. The van der Waals surface area contributed by atoms with Crippen LogP contribution in [-0.2, 0) is 12.8 Å². The summed E-state index contributed by atoms with van der Waals surface area (Å²) in [5.74, 6) is 0.847. The molecule has 3 aromatic rings. The molecule has 0 bridgehead atoms. The quantitative estimate of drug-likeness (QED) is 0.721. The topological polar surface area (TPSA) is 48.0 Å². The van der Waals surface area contributed by atoms with E-state index < -0.39 is 0 Å². The van der Waals surface area contributed by atoms with Crippen LogP contribution in [0.4, 0.5) is 0 Å². The Labute approximate surface area is 111 Å². The van der Waals surface area contributed by atoms with E-state index in [-0.39, 0.29) is 0 Å². The van der Waals surface area contributed by atoms with Crippen LogP contribution in [0.2, 0.25) is 0 Å². The van der Waals surface area contributed by atoms with Gasteiger partial charge in [-0.25, -0.2) is 14.2 Å². The van der Waals surface area contributed by atoms with Gasteiger partial charge in [-0.1, -0.05) is 13.8 Å². The van der Waals surface area contributed by atoms with E-state index in [2.05, 4.69) is 35.1 Å². The average Bonchev–Trinajstić information content (AvgIpc) is 2.99. The summed E-state index contributed by atoms with van der Waals surface area (Å²) >= 11 is 0. The zero-order valence-electron chi connectivity index (χ0n) is 11.5. The molecule has 5 nitrogen and oxygen atoms in total. The largest absolute Gasteiger partial charge is 0.235 e. The van der Waals surface area contributed by atoms with Gasteiger partial charge in [0, 0.05) is 18.1 Å². The third kappa shape index (κ3) is 1.91. The third-order valence-electron chi connectivity index (χ3n) is 3.25. The molecule has 0 fully saturated rings. The molecule has 3 heterocycles. The molecule has 0 atom stereocenters. The highest BCUT2D eigenvalue weighted by Crippen LogP contribution is 2.17. The second-order valence-electron chi connectivity index (χ2n) is 4.61. The van der Waals surface area contributed by atoms with Gasteiger partial charge >= 0.3 is 0 Å². The standard InChI is InChI=1S/C14H17N5/c1-4-11-9-12(5-2)19(17-11)14-13-8-10(3)16-18(13)7-6-15-14/h6-9H,4-5H2,1-3H3. The van der Waals surface area contributed by atoms with Crippen molar-refractivity contribution in [1.82, 2.24) is 24.4 Å². The molecule has 3 aromatic heterocycles. The van der Waals surface area contributed by atoms with Crippen molar-refractivity contribution >= 4 is 5.52 Å². The van der Waals surface area contributed by atoms with Crippen LogP contribution in [0, 0.1) is 6.92 Å². The van der Waals surface area contributed by atoms with Gasteiger partial charge in [-0.3, -0.25) is 0 Å². The first-order valence-corrected chi connectivity index (χ1v) is 6.62. The molecule has 0 N–H and O–H groups in total. The van der Waals surface area contributed by atoms with Gasteiger partial charge in [0.05, 0.1) is 11.4 Å². The van der Waals surface area contributed by atoms with Crippen LogP contribution in [0.5, 0.6) is 0 Å². The molecule has 0 saturated carbocycles. The van der Waals surface area contributed by atoms with Gasteiger partial charge in [-0.2, -0.15) is 10.2 Å². The van der Waals surface area contributed by atoms with Gasteiger partial charge in [0.1, 0.15) is 5.52 Å². The van der Waals surface area contributed by atoms with Crippen molar-refractivity contribution in [2.75, 3.05) is 0 Å². The summed E-state index contributed by atoms with van der Waals surface area (Å²) in [4.78, 5) is 4.49. The molecule has 0 spiro atoms. The number of fused-ring (bicyclic) bond motifs is 1. The fourth-order valence-corrected chi connectivity index (χ4v) is 2.28. The molecular weight excluding hydrogens is 238 g/mol. The average molecular weight is 255 g/mol. The van der Waals surface area contributed by atoms with Crippen LogP contribution in [0.15, 0.2) is 24.5 Å². The van der Waals surface area contributed by atoms with E-state index in [9.17, 15) is 0 Å². The molecule has 0 aliphatic heterocycles. The SMILES string of the molecule is CCc1cc(CC)n(-c2nccn3nc(C)cc23)n1. The number of aromatic nitrogens is 5. The first-order chi connectivity index (χ1) is 9.22. The number of hydrogen-bond acceptors (Lipinski definition) is 3. The van der Waals surface area contributed by atoms with E-state index in [0.717, 1.165) is 35.6 Å². The molecule has 98 valence electrons. The van der Waals surface area contributed by atoms with Crippen molar-refractivity contribution in [2.45, 2.75) is 33.6 Å². The number of nitrogens with zero attached hydrogens (tertiary/aromatic N) is 5. The van der Waals surface area contributed by atoms with E-state index in [1.54, 1.807) is 6.20 Å². The molecule has 0 saturated heterocycles. The highest BCUT2D eigenvalue weighted by molar-refractivity contribution is 5.60. The Morgan fingerprint density at radius 3 is 2.68 bits per heavy atom. The second-order valence-corrected chi connectivity index (χ2v) is 4.61. The summed E-state index contributed by atoms with van der Waals surface area (Å²) in [7, 11) is 0. The Balaban J connectivity index is 2.26. The second kappa shape index (κ2) is 4.50. The van der Waals surface area contributed by atoms with E-state index in [1.807, 2.05) is 28.4 Å². The Bertz CT molecular complexity index is 723. The van der Waals surface area contributed by atoms with Crippen LogP contribution in [-0.4, -0.2) is 24.4 Å². The molecule has 0 aromatic carbocycles. The van der Waals surface area contributed by atoms with Crippen LogP contribution in [0.3, 0.4) is 0 Å². The van der Waals surface area contributed by atoms with Crippen molar-refractivity contribution in [3.05, 3.63) is 41.6 Å². The highest BCUT2D eigenvalue weighted by atomic mass is 15.3. The summed E-state index contributed by atoms with van der Waals surface area (Å²) < 4.78 is 3.79. The van der Waals surface area contributed by atoms with Crippen LogP contribution >= 0.6 is 0 Å². The van der Waals surface area contributed by atoms with Gasteiger partial charge in [0.15, 0.2) is 5.82 Å². The normalized spacial score (nSPS) is 11.3. The summed E-state index contributed by atoms with van der Waals surface area (Å²) in [5, 5.41) is 9.06. The molecule has 0 unspecified atom stereocenters. The maximum Gasteiger partial charge on any atom is 0.179 e. The van der Waals surface area contributed by atoms with E-state index >= 15 is 0 Å². The molecule has 0 amide bonds. The lowest BCUT2D eigenvalue weighted by molar-refractivity contribution is 0.767. The fourth-order valence-electron chi connectivity index (χ4n) is 2.28. The van der Waals surface area contributed by atoms with Gasteiger partial charge in [-0.05, 0) is 31.9 Å². The molecule has 0 aliphatic rings. The fraction of sp³-hybridized carbons (Fsp3) is 0.357. The third-order valence-corrected chi connectivity index (χ3v) is 3.25. The van der Waals surface area contributed by atoms with E-state index in [1.165, 1.54) is 5.69 Å². The molecule has 0 aliphatic carbocycles. The predicted octanol–water partition coefficient (Wildman–Crippen LogP) is 2.35. The monoisotopic (exact) mass is 255 g/mol. The predicted molar refractivity (Wildman–Crippen MR) is 73.6 cm³/mol. The maximum absolute atomic E-state index is 4.64. The Kier molecular flexibility index (Phi) is 2.81. The highest BCUT2D eigenvalue weighted by Gasteiger charge is 2.12. The lowest BCUT2D eigenvalue weighted by Gasteiger charge is -2.06. The van der Waals surface area contributed by atoms with E-state index in [0.29, 0.717) is 0 Å². The minimum Gasteiger partial charge on any atom is -0.235 e.